The molecule has 2 amide bonds. The van der Waals surface area contributed by atoms with E-state index >= 15 is 0 Å². The fourth-order valence-corrected chi connectivity index (χ4v) is 3.05. The molecule has 1 aromatic carbocycles. The number of esters is 1. The lowest BCUT2D eigenvalue weighted by Gasteiger charge is -2.15. The van der Waals surface area contributed by atoms with Gasteiger partial charge in [0.05, 0.1) is 6.42 Å². The van der Waals surface area contributed by atoms with Crippen LogP contribution in [0.2, 0.25) is 0 Å². The molecule has 0 spiro atoms. The van der Waals surface area contributed by atoms with Crippen LogP contribution in [0.25, 0.3) is 0 Å². The number of unbranched alkanes of at least 4 members (excludes halogenated alkanes) is 2. The molecule has 2 rings (SSSR count). The number of ether oxygens (including phenoxy) is 1. The molecule has 1 N–H and O–H groups in total. The van der Waals surface area contributed by atoms with Crippen molar-refractivity contribution in [2.45, 2.75) is 65.4 Å². The lowest BCUT2D eigenvalue weighted by Crippen LogP contribution is -2.23. The fraction of sp³-hybridized carbons (Fsp3) is 0.476. The number of nitrogens with one attached hydrogen (secondary N) is 1. The van der Waals surface area contributed by atoms with E-state index in [0.29, 0.717) is 0 Å². The van der Waals surface area contributed by atoms with Gasteiger partial charge in [-0.1, -0.05) is 44.9 Å². The van der Waals surface area contributed by atoms with Crippen LogP contribution in [0.1, 0.15) is 62.6 Å². The third-order valence-corrected chi connectivity index (χ3v) is 4.51. The Labute approximate surface area is 154 Å². The molecule has 0 fully saturated rings. The zero-order valence-corrected chi connectivity index (χ0v) is 15.6. The molecule has 140 valence electrons. The van der Waals surface area contributed by atoms with Crippen LogP contribution in [0, 0.1) is 0 Å². The molecule has 5 nitrogen and oxygen atoms in total. The number of rotatable bonds is 10. The lowest BCUT2D eigenvalue weighted by atomic mass is 9.93. The number of carbonyl (C=O) groups excluding carboxylic acids is 3. The summed E-state index contributed by atoms with van der Waals surface area (Å²) >= 11 is 0. The van der Waals surface area contributed by atoms with Crippen LogP contribution in [-0.4, -0.2) is 17.8 Å². The third kappa shape index (κ3) is 5.55. The lowest BCUT2D eigenvalue weighted by molar-refractivity contribution is -0.144. The first-order chi connectivity index (χ1) is 12.5. The molecule has 0 saturated heterocycles. The van der Waals surface area contributed by atoms with Crippen LogP contribution < -0.4 is 5.32 Å². The summed E-state index contributed by atoms with van der Waals surface area (Å²) in [7, 11) is 0. The average Bonchev–Trinajstić information content (AvgIpc) is 2.93. The molecule has 1 aromatic rings. The Hall–Kier alpha value is -2.43. The maximum Gasteiger partial charge on any atom is 0.310 e. The topological polar surface area (TPSA) is 72.5 Å². The summed E-state index contributed by atoms with van der Waals surface area (Å²) in [5.41, 5.74) is 3.80. The predicted octanol–water partition coefficient (Wildman–Crippen LogP) is 3.39. The van der Waals surface area contributed by atoms with Gasteiger partial charge in [-0.05, 0) is 42.4 Å². The summed E-state index contributed by atoms with van der Waals surface area (Å²) in [4.78, 5) is 34.7. The number of hydrogen-bond acceptors (Lipinski definition) is 4. The minimum Gasteiger partial charge on any atom is -0.461 e. The van der Waals surface area contributed by atoms with E-state index in [0.717, 1.165) is 50.2 Å². The monoisotopic (exact) mass is 357 g/mol. The first-order valence-corrected chi connectivity index (χ1v) is 9.36. The van der Waals surface area contributed by atoms with Crippen molar-refractivity contribution in [1.82, 2.24) is 5.32 Å². The molecule has 0 radical (unpaired) electrons. The van der Waals surface area contributed by atoms with Crippen LogP contribution in [-0.2, 0) is 38.6 Å². The number of carbonyl (C=O) groups is 3. The normalized spacial score (nSPS) is 13.5. The van der Waals surface area contributed by atoms with Crippen molar-refractivity contribution in [3.63, 3.8) is 0 Å². The Morgan fingerprint density at radius 1 is 1.04 bits per heavy atom. The standard InChI is InChI=1S/C21H27NO4/c1-3-5-8-15-9-7-10-16(18(15)11-6-4-2)14-26-20(24)13-17-12-19(23)22-21(17)25/h7,9-10,12H,3-6,8,11,13-14H2,1-2H3,(H,22,23,25). The van der Waals surface area contributed by atoms with Gasteiger partial charge in [-0.2, -0.15) is 0 Å². The van der Waals surface area contributed by atoms with Gasteiger partial charge in [0.15, 0.2) is 0 Å². The van der Waals surface area contributed by atoms with Gasteiger partial charge in [0.25, 0.3) is 11.8 Å². The molecule has 0 aromatic heterocycles. The molecular formula is C21H27NO4. The van der Waals surface area contributed by atoms with Gasteiger partial charge in [-0.3, -0.25) is 19.7 Å². The number of amides is 2. The summed E-state index contributed by atoms with van der Waals surface area (Å²) in [6.45, 7) is 4.53. The highest BCUT2D eigenvalue weighted by Crippen LogP contribution is 2.21. The number of hydrogen-bond donors (Lipinski definition) is 1. The summed E-state index contributed by atoms with van der Waals surface area (Å²) in [5.74, 6) is -1.50. The van der Waals surface area contributed by atoms with E-state index in [-0.39, 0.29) is 18.6 Å². The van der Waals surface area contributed by atoms with Crippen LogP contribution in [0.5, 0.6) is 0 Å². The number of imide groups is 1. The maximum absolute atomic E-state index is 12.1. The van der Waals surface area contributed by atoms with E-state index in [1.807, 2.05) is 12.1 Å². The van der Waals surface area contributed by atoms with E-state index in [9.17, 15) is 14.4 Å². The Balaban J connectivity index is 2.03. The minimum absolute atomic E-state index is 0.155. The van der Waals surface area contributed by atoms with Gasteiger partial charge < -0.3 is 4.74 Å². The Morgan fingerprint density at radius 3 is 2.38 bits per heavy atom. The summed E-state index contributed by atoms with van der Waals surface area (Å²) < 4.78 is 5.38. The fourth-order valence-electron chi connectivity index (χ4n) is 3.05. The minimum atomic E-state index is -0.517. The van der Waals surface area contributed by atoms with Gasteiger partial charge in [-0.15, -0.1) is 0 Å². The molecule has 5 heteroatoms. The van der Waals surface area contributed by atoms with Crippen LogP contribution in [0.4, 0.5) is 0 Å². The molecule has 0 aliphatic carbocycles. The van der Waals surface area contributed by atoms with Gasteiger partial charge in [0.2, 0.25) is 0 Å². The molecule has 0 saturated carbocycles. The zero-order chi connectivity index (χ0) is 18.9. The van der Waals surface area contributed by atoms with Crippen LogP contribution >= 0.6 is 0 Å². The predicted molar refractivity (Wildman–Crippen MR) is 99.3 cm³/mol. The molecule has 1 aliphatic heterocycles. The van der Waals surface area contributed by atoms with Crippen molar-refractivity contribution in [2.24, 2.45) is 0 Å². The average molecular weight is 357 g/mol. The number of aryl methyl sites for hydroxylation is 1. The second kappa shape index (κ2) is 9.90. The Kier molecular flexibility index (Phi) is 7.57. The Bertz CT molecular complexity index is 706. The van der Waals surface area contributed by atoms with Crippen molar-refractivity contribution in [1.29, 1.82) is 0 Å². The van der Waals surface area contributed by atoms with E-state index in [1.165, 1.54) is 11.1 Å². The first kappa shape index (κ1) is 19.9. The highest BCUT2D eigenvalue weighted by atomic mass is 16.5. The van der Waals surface area contributed by atoms with Gasteiger partial charge in [0, 0.05) is 11.6 Å². The van der Waals surface area contributed by atoms with Crippen molar-refractivity contribution in [3.8, 4) is 0 Å². The third-order valence-electron chi connectivity index (χ3n) is 4.51. The van der Waals surface area contributed by atoms with Gasteiger partial charge in [0.1, 0.15) is 6.61 Å². The second-order valence-electron chi connectivity index (χ2n) is 6.59. The summed E-state index contributed by atoms with van der Waals surface area (Å²) in [5, 5.41) is 2.13. The molecular weight excluding hydrogens is 330 g/mol. The molecule has 0 unspecified atom stereocenters. The highest BCUT2D eigenvalue weighted by Gasteiger charge is 2.23. The van der Waals surface area contributed by atoms with Crippen molar-refractivity contribution in [3.05, 3.63) is 46.5 Å². The van der Waals surface area contributed by atoms with Crippen molar-refractivity contribution in [2.75, 3.05) is 0 Å². The molecule has 0 bridgehead atoms. The first-order valence-electron chi connectivity index (χ1n) is 9.36. The number of benzene rings is 1. The van der Waals surface area contributed by atoms with Crippen LogP contribution in [0.3, 0.4) is 0 Å². The van der Waals surface area contributed by atoms with E-state index in [2.05, 4.69) is 25.2 Å². The van der Waals surface area contributed by atoms with Gasteiger partial charge in [-0.25, -0.2) is 0 Å². The molecule has 26 heavy (non-hydrogen) atoms. The maximum atomic E-state index is 12.1. The van der Waals surface area contributed by atoms with Gasteiger partial charge >= 0.3 is 5.97 Å². The van der Waals surface area contributed by atoms with Crippen molar-refractivity contribution >= 4 is 17.8 Å². The van der Waals surface area contributed by atoms with E-state index in [4.69, 9.17) is 4.74 Å². The van der Waals surface area contributed by atoms with E-state index in [1.54, 1.807) is 0 Å². The quantitative estimate of drug-likeness (QED) is 0.515. The molecule has 0 atom stereocenters. The molecule has 1 aliphatic rings. The SMILES string of the molecule is CCCCc1cccc(COC(=O)CC2=CC(=O)NC2=O)c1CCCC. The van der Waals surface area contributed by atoms with Crippen molar-refractivity contribution < 1.29 is 19.1 Å². The Morgan fingerprint density at radius 2 is 1.73 bits per heavy atom. The van der Waals surface area contributed by atoms with Crippen LogP contribution in [0.15, 0.2) is 29.8 Å². The molecule has 1 heterocycles. The summed E-state index contributed by atoms with van der Waals surface area (Å²) in [6, 6.07) is 6.17. The zero-order valence-electron chi connectivity index (χ0n) is 15.6. The second-order valence-corrected chi connectivity index (χ2v) is 6.59. The van der Waals surface area contributed by atoms with E-state index < -0.39 is 17.8 Å². The summed E-state index contributed by atoms with van der Waals surface area (Å²) in [6.07, 6.45) is 7.47. The smallest absolute Gasteiger partial charge is 0.310 e. The highest BCUT2D eigenvalue weighted by molar-refractivity contribution is 6.17. The largest absolute Gasteiger partial charge is 0.461 e.